The molecule has 2 amide bonds. The number of benzene rings is 1. The van der Waals surface area contributed by atoms with Gasteiger partial charge in [-0.05, 0) is 43.9 Å². The molecule has 3 N–H and O–H groups in total. The number of nitriles is 1. The van der Waals surface area contributed by atoms with E-state index in [1.165, 1.54) is 0 Å². The van der Waals surface area contributed by atoms with E-state index >= 15 is 0 Å². The molecular weight excluding hydrogens is 414 g/mol. The molecule has 172 valence electrons. The minimum Gasteiger partial charge on any atom is -0.338 e. The molecule has 1 aliphatic heterocycles. The quantitative estimate of drug-likeness (QED) is 0.708. The molecule has 0 spiro atoms. The molecule has 33 heavy (non-hydrogen) atoms. The van der Waals surface area contributed by atoms with Gasteiger partial charge in [-0.25, -0.2) is 0 Å². The van der Waals surface area contributed by atoms with Gasteiger partial charge in [0.2, 0.25) is 5.91 Å². The van der Waals surface area contributed by atoms with Crippen LogP contribution in [-0.2, 0) is 17.8 Å². The van der Waals surface area contributed by atoms with Crippen molar-refractivity contribution in [2.75, 3.05) is 0 Å². The average molecular weight is 446 g/mol. The van der Waals surface area contributed by atoms with E-state index in [-0.39, 0.29) is 17.9 Å². The van der Waals surface area contributed by atoms with E-state index in [1.54, 1.807) is 6.20 Å². The number of nitrogens with one attached hydrogen (secondary N) is 1. The second-order valence-electron chi connectivity index (χ2n) is 9.53. The van der Waals surface area contributed by atoms with Gasteiger partial charge in [0.1, 0.15) is 11.7 Å². The molecule has 1 fully saturated rings. The van der Waals surface area contributed by atoms with Gasteiger partial charge in [-0.15, -0.1) is 0 Å². The third kappa shape index (κ3) is 4.76. The van der Waals surface area contributed by atoms with E-state index in [0.717, 1.165) is 41.5 Å². The summed E-state index contributed by atoms with van der Waals surface area (Å²) in [5.74, 6) is -0.237. The van der Waals surface area contributed by atoms with Crippen molar-refractivity contribution in [3.8, 4) is 17.2 Å². The van der Waals surface area contributed by atoms with E-state index in [1.807, 2.05) is 49.1 Å². The maximum atomic E-state index is 12.7. The Bertz CT molecular complexity index is 1080. The van der Waals surface area contributed by atoms with Gasteiger partial charge in [0.15, 0.2) is 0 Å². The van der Waals surface area contributed by atoms with Crippen molar-refractivity contribution in [3.63, 3.8) is 0 Å². The number of carbonyl (C=O) groups is 2. The maximum Gasteiger partial charge on any atom is 0.273 e. The first kappa shape index (κ1) is 22.9. The molecule has 1 unspecified atom stereocenters. The van der Waals surface area contributed by atoms with Crippen molar-refractivity contribution in [2.24, 2.45) is 5.73 Å². The second kappa shape index (κ2) is 9.32. The van der Waals surface area contributed by atoms with Crippen LogP contribution >= 0.6 is 0 Å². The molecule has 0 saturated heterocycles. The molecular formula is C26H31N5O2. The zero-order valence-corrected chi connectivity index (χ0v) is 19.3. The summed E-state index contributed by atoms with van der Waals surface area (Å²) in [6, 6.07) is 11.6. The van der Waals surface area contributed by atoms with Crippen LogP contribution in [0.5, 0.6) is 0 Å². The Morgan fingerprint density at radius 2 is 1.91 bits per heavy atom. The number of nitrogens with zero attached hydrogens (tertiary/aromatic N) is 3. The molecule has 1 aliphatic carbocycles. The van der Waals surface area contributed by atoms with E-state index in [2.05, 4.69) is 16.4 Å². The third-order valence-corrected chi connectivity index (χ3v) is 6.78. The largest absolute Gasteiger partial charge is 0.338 e. The van der Waals surface area contributed by atoms with Gasteiger partial charge in [0.05, 0.1) is 11.6 Å². The molecule has 7 nitrogen and oxygen atoms in total. The Hall–Kier alpha value is -3.24. The number of nitrogens with two attached hydrogens (primary N) is 1. The lowest BCUT2D eigenvalue weighted by molar-refractivity contribution is -0.127. The minimum absolute atomic E-state index is 0.0148. The number of amides is 2. The van der Waals surface area contributed by atoms with Crippen LogP contribution in [0.25, 0.3) is 11.1 Å². The van der Waals surface area contributed by atoms with Crippen LogP contribution in [0.15, 0.2) is 36.5 Å². The number of aromatic nitrogens is 1. The first-order valence-corrected chi connectivity index (χ1v) is 11.7. The summed E-state index contributed by atoms with van der Waals surface area (Å²) in [7, 11) is 0. The van der Waals surface area contributed by atoms with Crippen molar-refractivity contribution < 1.29 is 9.59 Å². The van der Waals surface area contributed by atoms with Crippen molar-refractivity contribution in [1.82, 2.24) is 15.2 Å². The van der Waals surface area contributed by atoms with Crippen LogP contribution in [-0.4, -0.2) is 39.3 Å². The molecule has 7 heteroatoms. The van der Waals surface area contributed by atoms with Crippen LogP contribution in [0.2, 0.25) is 0 Å². The first-order chi connectivity index (χ1) is 15.8. The monoisotopic (exact) mass is 445 g/mol. The molecule has 2 aromatic rings. The first-order valence-electron chi connectivity index (χ1n) is 11.7. The Morgan fingerprint density at radius 3 is 2.55 bits per heavy atom. The lowest BCUT2D eigenvalue weighted by atomic mass is 9.81. The van der Waals surface area contributed by atoms with Gasteiger partial charge in [-0.3, -0.25) is 14.6 Å². The highest BCUT2D eigenvalue weighted by atomic mass is 16.2. The Morgan fingerprint density at radius 1 is 1.21 bits per heavy atom. The van der Waals surface area contributed by atoms with Gasteiger partial charge >= 0.3 is 0 Å². The van der Waals surface area contributed by atoms with Crippen LogP contribution in [0.3, 0.4) is 0 Å². The van der Waals surface area contributed by atoms with E-state index in [0.29, 0.717) is 31.5 Å². The topological polar surface area (TPSA) is 112 Å². The molecule has 0 bridgehead atoms. The number of pyridine rings is 1. The highest BCUT2D eigenvalue weighted by Gasteiger charge is 2.36. The smallest absolute Gasteiger partial charge is 0.273 e. The second-order valence-corrected chi connectivity index (χ2v) is 9.53. The number of rotatable bonds is 6. The molecule has 2 heterocycles. The van der Waals surface area contributed by atoms with Gasteiger partial charge < -0.3 is 16.0 Å². The van der Waals surface area contributed by atoms with E-state index < -0.39 is 11.6 Å². The van der Waals surface area contributed by atoms with Crippen molar-refractivity contribution in [1.29, 1.82) is 5.26 Å². The fraction of sp³-hybridized carbons (Fsp3) is 0.462. The molecule has 1 saturated carbocycles. The van der Waals surface area contributed by atoms with Gasteiger partial charge in [0.25, 0.3) is 5.91 Å². The van der Waals surface area contributed by atoms with E-state index in [4.69, 9.17) is 5.73 Å². The van der Waals surface area contributed by atoms with Crippen LogP contribution in [0.4, 0.5) is 0 Å². The minimum atomic E-state index is -0.857. The van der Waals surface area contributed by atoms with Gasteiger partial charge in [0, 0.05) is 36.3 Å². The fourth-order valence-corrected chi connectivity index (χ4v) is 4.70. The van der Waals surface area contributed by atoms with Crippen LogP contribution in [0, 0.1) is 11.3 Å². The molecule has 1 atom stereocenters. The van der Waals surface area contributed by atoms with Gasteiger partial charge in [-0.1, -0.05) is 43.5 Å². The molecule has 1 aromatic heterocycles. The Balaban J connectivity index is 1.42. The van der Waals surface area contributed by atoms with Gasteiger partial charge in [-0.2, -0.15) is 5.26 Å². The summed E-state index contributed by atoms with van der Waals surface area (Å²) in [5.41, 5.74) is 9.82. The van der Waals surface area contributed by atoms with Crippen LogP contribution in [0.1, 0.15) is 67.6 Å². The molecule has 2 aliphatic rings. The van der Waals surface area contributed by atoms with Crippen molar-refractivity contribution in [2.45, 2.75) is 76.5 Å². The summed E-state index contributed by atoms with van der Waals surface area (Å²) < 4.78 is 0. The summed E-state index contributed by atoms with van der Waals surface area (Å²) in [6.07, 6.45) is 6.49. The standard InChI is InChI=1S/C26H31N5O2/c1-17(2)31-16-21-13-20(15-29-23(21)24(31)32)19-8-6-18(7-9-19)12-22(14-27)30-25(33)26(28)10-4-3-5-11-26/h6-9,13,15,17,22H,3-5,10-12,16,28H2,1-2H3,(H,30,33). The summed E-state index contributed by atoms with van der Waals surface area (Å²) in [4.78, 5) is 31.4. The zero-order valence-electron chi connectivity index (χ0n) is 19.3. The Kier molecular flexibility index (Phi) is 6.48. The highest BCUT2D eigenvalue weighted by Crippen LogP contribution is 2.29. The number of carbonyl (C=O) groups excluding carboxylic acids is 2. The van der Waals surface area contributed by atoms with E-state index in [9.17, 15) is 14.9 Å². The number of hydrogen-bond donors (Lipinski definition) is 2. The third-order valence-electron chi connectivity index (χ3n) is 6.78. The summed E-state index contributed by atoms with van der Waals surface area (Å²) in [5, 5.41) is 12.4. The zero-order chi connectivity index (χ0) is 23.6. The lowest BCUT2D eigenvalue weighted by Gasteiger charge is -2.32. The number of hydrogen-bond acceptors (Lipinski definition) is 5. The highest BCUT2D eigenvalue weighted by molar-refractivity contribution is 5.97. The summed E-state index contributed by atoms with van der Waals surface area (Å²) >= 11 is 0. The SMILES string of the molecule is CC(C)N1Cc2cc(-c3ccc(CC(C#N)NC(=O)C4(N)CCCCC4)cc3)cnc2C1=O. The summed E-state index contributed by atoms with van der Waals surface area (Å²) in [6.45, 7) is 4.59. The van der Waals surface area contributed by atoms with Crippen molar-refractivity contribution >= 4 is 11.8 Å². The number of fused-ring (bicyclic) bond motifs is 1. The Labute approximate surface area is 195 Å². The normalized spacial score (nSPS) is 18.0. The predicted molar refractivity (Wildman–Crippen MR) is 126 cm³/mol. The lowest BCUT2D eigenvalue weighted by Crippen LogP contribution is -2.57. The predicted octanol–water partition coefficient (Wildman–Crippen LogP) is 3.33. The van der Waals surface area contributed by atoms with Crippen LogP contribution < -0.4 is 11.1 Å². The molecule has 4 rings (SSSR count). The molecule has 0 radical (unpaired) electrons. The average Bonchev–Trinajstić information content (AvgIpc) is 3.15. The maximum absolute atomic E-state index is 12.7. The van der Waals surface area contributed by atoms with Crippen molar-refractivity contribution in [3.05, 3.63) is 53.3 Å². The fourth-order valence-electron chi connectivity index (χ4n) is 4.70. The molecule has 1 aromatic carbocycles.